The molecule has 2 heterocycles. The molecule has 0 aliphatic heterocycles. The lowest BCUT2D eigenvalue weighted by Gasteiger charge is -2.10. The summed E-state index contributed by atoms with van der Waals surface area (Å²) in [5.41, 5.74) is 3.60. The van der Waals surface area contributed by atoms with Gasteiger partial charge in [0, 0.05) is 16.5 Å². The number of thioether (sulfide) groups is 1. The van der Waals surface area contributed by atoms with E-state index in [-0.39, 0.29) is 0 Å². The molecule has 0 atom stereocenters. The molecule has 0 bridgehead atoms. The Balaban J connectivity index is 1.72. The summed E-state index contributed by atoms with van der Waals surface area (Å²) in [6.45, 7) is 2.14. The number of aromatic nitrogens is 3. The Labute approximate surface area is 165 Å². The average molecular weight is 398 g/mol. The second-order valence-electron chi connectivity index (χ2n) is 5.81. The van der Waals surface area contributed by atoms with Crippen LogP contribution in [0.15, 0.2) is 71.2 Å². The van der Waals surface area contributed by atoms with E-state index in [2.05, 4.69) is 57.4 Å². The molecular formula is C20H16ClN3S2. The van der Waals surface area contributed by atoms with Crippen LogP contribution in [0.3, 0.4) is 0 Å². The Morgan fingerprint density at radius 2 is 1.81 bits per heavy atom. The number of rotatable bonds is 5. The average Bonchev–Trinajstić information content (AvgIpc) is 3.31. The lowest BCUT2D eigenvalue weighted by Crippen LogP contribution is -1.99. The van der Waals surface area contributed by atoms with Crippen molar-refractivity contribution in [1.82, 2.24) is 14.8 Å². The Morgan fingerprint density at radius 1 is 1.00 bits per heavy atom. The van der Waals surface area contributed by atoms with Crippen molar-refractivity contribution < 1.29 is 0 Å². The molecule has 3 nitrogen and oxygen atoms in total. The first kappa shape index (κ1) is 17.3. The Hall–Kier alpha value is -2.08. The molecule has 4 aromatic rings. The summed E-state index contributed by atoms with van der Waals surface area (Å²) in [6, 6.07) is 20.3. The van der Waals surface area contributed by atoms with Crippen LogP contribution in [0.1, 0.15) is 11.1 Å². The van der Waals surface area contributed by atoms with Crippen LogP contribution < -0.4 is 0 Å². The maximum atomic E-state index is 6.07. The first-order valence-corrected chi connectivity index (χ1v) is 10.4. The third-order valence-electron chi connectivity index (χ3n) is 4.08. The van der Waals surface area contributed by atoms with Gasteiger partial charge >= 0.3 is 0 Å². The van der Waals surface area contributed by atoms with E-state index >= 15 is 0 Å². The van der Waals surface area contributed by atoms with Crippen molar-refractivity contribution in [2.45, 2.75) is 17.8 Å². The normalized spacial score (nSPS) is 11.0. The van der Waals surface area contributed by atoms with Crippen molar-refractivity contribution in [2.75, 3.05) is 0 Å². The topological polar surface area (TPSA) is 30.7 Å². The zero-order valence-electron chi connectivity index (χ0n) is 14.1. The highest BCUT2D eigenvalue weighted by atomic mass is 35.5. The predicted octanol–water partition coefficient (Wildman–Crippen LogP) is 6.25. The fourth-order valence-corrected chi connectivity index (χ4v) is 4.52. The smallest absolute Gasteiger partial charge is 0.196 e. The summed E-state index contributed by atoms with van der Waals surface area (Å²) in [7, 11) is 0. The van der Waals surface area contributed by atoms with Crippen LogP contribution in [-0.2, 0) is 5.75 Å². The van der Waals surface area contributed by atoms with Crippen molar-refractivity contribution in [1.29, 1.82) is 0 Å². The first-order valence-electron chi connectivity index (χ1n) is 8.15. The van der Waals surface area contributed by atoms with Gasteiger partial charge in [0.05, 0.1) is 4.88 Å². The standard InChI is InChI=1S/C20H16ClN3S2/c1-14-5-2-3-6-15(14)13-26-20-23-22-19(18-7-4-12-25-18)24(20)17-10-8-16(21)9-11-17/h2-12H,13H2,1H3. The third-order valence-corrected chi connectivity index (χ3v) is 6.17. The van der Waals surface area contributed by atoms with Gasteiger partial charge in [-0.25, -0.2) is 0 Å². The highest BCUT2D eigenvalue weighted by molar-refractivity contribution is 7.98. The molecule has 0 radical (unpaired) electrons. The molecule has 0 amide bonds. The highest BCUT2D eigenvalue weighted by Gasteiger charge is 2.17. The van der Waals surface area contributed by atoms with Crippen LogP contribution in [0, 0.1) is 6.92 Å². The summed E-state index contributed by atoms with van der Waals surface area (Å²) in [5.74, 6) is 1.71. The van der Waals surface area contributed by atoms with Crippen molar-refractivity contribution in [3.63, 3.8) is 0 Å². The van der Waals surface area contributed by atoms with E-state index in [9.17, 15) is 0 Å². The maximum Gasteiger partial charge on any atom is 0.196 e. The molecular weight excluding hydrogens is 382 g/mol. The number of hydrogen-bond donors (Lipinski definition) is 0. The van der Waals surface area contributed by atoms with E-state index in [1.807, 2.05) is 30.3 Å². The molecule has 6 heteroatoms. The van der Waals surface area contributed by atoms with E-state index in [4.69, 9.17) is 11.6 Å². The van der Waals surface area contributed by atoms with Gasteiger partial charge in [-0.1, -0.05) is 53.7 Å². The quantitative estimate of drug-likeness (QED) is 0.373. The van der Waals surface area contributed by atoms with Gasteiger partial charge in [0.2, 0.25) is 0 Å². The number of hydrogen-bond acceptors (Lipinski definition) is 4. The van der Waals surface area contributed by atoms with Gasteiger partial charge in [0.15, 0.2) is 11.0 Å². The second kappa shape index (κ2) is 7.66. The van der Waals surface area contributed by atoms with Crippen LogP contribution in [0.25, 0.3) is 16.4 Å². The minimum Gasteiger partial charge on any atom is -0.269 e. The molecule has 26 heavy (non-hydrogen) atoms. The van der Waals surface area contributed by atoms with Gasteiger partial charge in [-0.05, 0) is 53.8 Å². The molecule has 0 spiro atoms. The van der Waals surface area contributed by atoms with Gasteiger partial charge < -0.3 is 0 Å². The van der Waals surface area contributed by atoms with Gasteiger partial charge in [-0.3, -0.25) is 4.57 Å². The molecule has 0 saturated heterocycles. The summed E-state index contributed by atoms with van der Waals surface area (Å²) < 4.78 is 2.10. The Kier molecular flexibility index (Phi) is 5.11. The van der Waals surface area contributed by atoms with E-state index in [0.29, 0.717) is 5.02 Å². The highest BCUT2D eigenvalue weighted by Crippen LogP contribution is 2.32. The van der Waals surface area contributed by atoms with Crippen LogP contribution in [0.5, 0.6) is 0 Å². The number of thiophene rings is 1. The van der Waals surface area contributed by atoms with Crippen molar-refractivity contribution in [3.05, 3.63) is 82.2 Å². The van der Waals surface area contributed by atoms with Gasteiger partial charge in [-0.2, -0.15) is 0 Å². The molecule has 2 aromatic carbocycles. The summed E-state index contributed by atoms with van der Waals surface area (Å²) in [4.78, 5) is 1.09. The molecule has 2 aromatic heterocycles. The van der Waals surface area contributed by atoms with Crippen LogP contribution in [0.2, 0.25) is 5.02 Å². The van der Waals surface area contributed by atoms with Crippen molar-refractivity contribution >= 4 is 34.7 Å². The third kappa shape index (κ3) is 3.56. The summed E-state index contributed by atoms with van der Waals surface area (Å²) >= 11 is 9.42. The number of halogens is 1. The molecule has 4 rings (SSSR count). The molecule has 0 aliphatic rings. The Bertz CT molecular complexity index is 1010. The summed E-state index contributed by atoms with van der Waals surface area (Å²) in [5, 5.41) is 12.6. The fourth-order valence-electron chi connectivity index (χ4n) is 2.67. The Morgan fingerprint density at radius 3 is 2.54 bits per heavy atom. The van der Waals surface area contributed by atoms with Crippen LogP contribution in [-0.4, -0.2) is 14.8 Å². The molecule has 0 saturated carbocycles. The minimum atomic E-state index is 0.716. The molecule has 130 valence electrons. The van der Waals surface area contributed by atoms with E-state index < -0.39 is 0 Å². The predicted molar refractivity (Wildman–Crippen MR) is 110 cm³/mol. The largest absolute Gasteiger partial charge is 0.269 e. The zero-order valence-corrected chi connectivity index (χ0v) is 16.5. The zero-order chi connectivity index (χ0) is 17.9. The van der Waals surface area contributed by atoms with Gasteiger partial charge in [-0.15, -0.1) is 21.5 Å². The van der Waals surface area contributed by atoms with E-state index in [0.717, 1.165) is 27.3 Å². The fraction of sp³-hybridized carbons (Fsp3) is 0.100. The van der Waals surface area contributed by atoms with Gasteiger partial charge in [0.25, 0.3) is 0 Å². The minimum absolute atomic E-state index is 0.716. The first-order chi connectivity index (χ1) is 12.7. The second-order valence-corrected chi connectivity index (χ2v) is 8.14. The van der Waals surface area contributed by atoms with Crippen molar-refractivity contribution in [2.24, 2.45) is 0 Å². The van der Waals surface area contributed by atoms with Crippen molar-refractivity contribution in [3.8, 4) is 16.4 Å². The van der Waals surface area contributed by atoms with E-state index in [1.165, 1.54) is 11.1 Å². The van der Waals surface area contributed by atoms with Crippen LogP contribution in [0.4, 0.5) is 0 Å². The lowest BCUT2D eigenvalue weighted by atomic mass is 10.1. The van der Waals surface area contributed by atoms with Crippen LogP contribution >= 0.6 is 34.7 Å². The number of aryl methyl sites for hydroxylation is 1. The maximum absolute atomic E-state index is 6.07. The SMILES string of the molecule is Cc1ccccc1CSc1nnc(-c2cccs2)n1-c1ccc(Cl)cc1. The monoisotopic (exact) mass is 397 g/mol. The molecule has 0 N–H and O–H groups in total. The molecule has 0 aliphatic carbocycles. The number of nitrogens with zero attached hydrogens (tertiary/aromatic N) is 3. The van der Waals surface area contributed by atoms with Gasteiger partial charge in [0.1, 0.15) is 0 Å². The van der Waals surface area contributed by atoms with E-state index in [1.54, 1.807) is 23.1 Å². The molecule has 0 unspecified atom stereocenters. The number of benzene rings is 2. The summed E-state index contributed by atoms with van der Waals surface area (Å²) in [6.07, 6.45) is 0. The lowest BCUT2D eigenvalue weighted by molar-refractivity contribution is 0.886. The molecule has 0 fully saturated rings.